The first kappa shape index (κ1) is 22.7. The number of ether oxygens (including phenoxy) is 1. The van der Waals surface area contributed by atoms with Gasteiger partial charge >= 0.3 is 12.0 Å². The average Bonchev–Trinajstić information content (AvgIpc) is 2.68. The van der Waals surface area contributed by atoms with E-state index >= 15 is 0 Å². The number of rotatable bonds is 6. The number of hydrogen-bond donors (Lipinski definition) is 3. The van der Waals surface area contributed by atoms with E-state index in [0.717, 1.165) is 32.1 Å². The van der Waals surface area contributed by atoms with Crippen molar-refractivity contribution in [1.29, 1.82) is 0 Å². The molecule has 0 saturated heterocycles. The van der Waals surface area contributed by atoms with Gasteiger partial charge in [0.05, 0.1) is 10.6 Å². The molecule has 0 aliphatic heterocycles. The van der Waals surface area contributed by atoms with Gasteiger partial charge in [0, 0.05) is 6.04 Å². The lowest BCUT2D eigenvalue weighted by Crippen LogP contribution is -2.49. The van der Waals surface area contributed by atoms with Crippen molar-refractivity contribution in [3.05, 3.63) is 34.9 Å². The molecule has 0 radical (unpaired) electrons. The Hall–Kier alpha value is -2.61. The summed E-state index contributed by atoms with van der Waals surface area (Å²) in [7, 11) is 0. The van der Waals surface area contributed by atoms with Gasteiger partial charge in [-0.15, -0.1) is 0 Å². The molecule has 158 valence electrons. The van der Waals surface area contributed by atoms with Crippen LogP contribution in [-0.2, 0) is 14.3 Å². The van der Waals surface area contributed by atoms with Gasteiger partial charge in [-0.1, -0.05) is 43.0 Å². The Morgan fingerprint density at radius 1 is 1.07 bits per heavy atom. The Morgan fingerprint density at radius 2 is 1.72 bits per heavy atom. The van der Waals surface area contributed by atoms with Crippen LogP contribution in [0.1, 0.15) is 56.3 Å². The van der Waals surface area contributed by atoms with Crippen molar-refractivity contribution in [3.8, 4) is 0 Å². The lowest BCUT2D eigenvalue weighted by atomic mass is 9.96. The maximum absolute atomic E-state index is 12.2. The highest BCUT2D eigenvalue weighted by Gasteiger charge is 2.25. The number of imide groups is 1. The molecule has 2 atom stereocenters. The van der Waals surface area contributed by atoms with Gasteiger partial charge in [-0.05, 0) is 38.8 Å². The smallest absolute Gasteiger partial charge is 0.329 e. The van der Waals surface area contributed by atoms with Crippen LogP contribution in [0.2, 0.25) is 5.02 Å². The number of carbonyl (C=O) groups is 4. The zero-order valence-electron chi connectivity index (χ0n) is 16.5. The molecule has 0 aromatic heterocycles. The number of carbonyl (C=O) groups excluding carboxylic acids is 4. The van der Waals surface area contributed by atoms with Crippen molar-refractivity contribution in [2.45, 2.75) is 64.1 Å². The van der Waals surface area contributed by atoms with Gasteiger partial charge in [0.15, 0.2) is 6.10 Å². The second kappa shape index (κ2) is 10.8. The van der Waals surface area contributed by atoms with Crippen molar-refractivity contribution < 1.29 is 23.9 Å². The average molecular weight is 424 g/mol. The summed E-state index contributed by atoms with van der Waals surface area (Å²) in [5, 5.41) is 7.64. The molecule has 0 unspecified atom stereocenters. The highest BCUT2D eigenvalue weighted by Crippen LogP contribution is 2.17. The van der Waals surface area contributed by atoms with E-state index in [2.05, 4.69) is 16.0 Å². The van der Waals surface area contributed by atoms with E-state index in [9.17, 15) is 19.2 Å². The van der Waals surface area contributed by atoms with E-state index in [-0.39, 0.29) is 16.6 Å². The Morgan fingerprint density at radius 3 is 2.38 bits per heavy atom. The zero-order valence-corrected chi connectivity index (χ0v) is 17.3. The highest BCUT2D eigenvalue weighted by atomic mass is 35.5. The molecular formula is C20H26ClN3O5. The predicted molar refractivity (Wildman–Crippen MR) is 107 cm³/mol. The largest absolute Gasteiger partial charge is 0.451 e. The normalized spacial score (nSPS) is 16.2. The monoisotopic (exact) mass is 423 g/mol. The van der Waals surface area contributed by atoms with Crippen LogP contribution in [0.15, 0.2) is 24.3 Å². The first-order valence-corrected chi connectivity index (χ1v) is 10.0. The molecule has 3 N–H and O–H groups in total. The minimum Gasteiger partial charge on any atom is -0.451 e. The van der Waals surface area contributed by atoms with Crippen LogP contribution in [0.3, 0.4) is 0 Å². The number of nitrogens with one attached hydrogen (secondary N) is 3. The fourth-order valence-electron chi connectivity index (χ4n) is 2.99. The van der Waals surface area contributed by atoms with Crippen LogP contribution in [0.4, 0.5) is 4.79 Å². The van der Waals surface area contributed by atoms with Gasteiger partial charge in [-0.2, -0.15) is 0 Å². The van der Waals surface area contributed by atoms with E-state index in [1.807, 2.05) is 0 Å². The minimum atomic E-state index is -1.20. The van der Waals surface area contributed by atoms with Crippen molar-refractivity contribution in [2.75, 3.05) is 0 Å². The SMILES string of the molecule is C[C@H](NC(=O)c1ccccc1Cl)C(=O)O[C@@H](C)C(=O)NC(=O)NC1CCCCC1. The Labute approximate surface area is 174 Å². The third-order valence-corrected chi connectivity index (χ3v) is 4.99. The predicted octanol–water partition coefficient (Wildman–Crippen LogP) is 2.55. The van der Waals surface area contributed by atoms with Crippen molar-refractivity contribution in [1.82, 2.24) is 16.0 Å². The molecule has 1 aliphatic rings. The van der Waals surface area contributed by atoms with Gasteiger partial charge in [0.2, 0.25) is 0 Å². The number of halogens is 1. The molecule has 0 bridgehead atoms. The molecule has 0 heterocycles. The zero-order chi connectivity index (χ0) is 21.4. The summed E-state index contributed by atoms with van der Waals surface area (Å²) in [5.74, 6) is -2.08. The Bertz CT molecular complexity index is 764. The van der Waals surface area contributed by atoms with Gasteiger partial charge in [-0.25, -0.2) is 9.59 Å². The second-order valence-electron chi connectivity index (χ2n) is 7.05. The summed E-state index contributed by atoms with van der Waals surface area (Å²) in [4.78, 5) is 48.4. The van der Waals surface area contributed by atoms with E-state index < -0.39 is 36.0 Å². The Balaban J connectivity index is 1.79. The molecule has 4 amide bonds. The number of benzene rings is 1. The summed E-state index contributed by atoms with van der Waals surface area (Å²) in [6.45, 7) is 2.78. The first-order valence-electron chi connectivity index (χ1n) is 9.65. The lowest BCUT2D eigenvalue weighted by molar-refractivity contribution is -0.155. The first-order chi connectivity index (χ1) is 13.8. The third-order valence-electron chi connectivity index (χ3n) is 4.66. The fourth-order valence-corrected chi connectivity index (χ4v) is 3.21. The maximum Gasteiger partial charge on any atom is 0.329 e. The van der Waals surface area contributed by atoms with Gasteiger partial charge in [0.25, 0.3) is 11.8 Å². The van der Waals surface area contributed by atoms with Crippen LogP contribution in [0.5, 0.6) is 0 Å². The van der Waals surface area contributed by atoms with Crippen molar-refractivity contribution >= 4 is 35.4 Å². The molecule has 1 saturated carbocycles. The van der Waals surface area contributed by atoms with E-state index in [4.69, 9.17) is 16.3 Å². The van der Waals surface area contributed by atoms with E-state index in [1.54, 1.807) is 18.2 Å². The number of urea groups is 1. The quantitative estimate of drug-likeness (QED) is 0.608. The Kier molecular flexibility index (Phi) is 8.45. The number of esters is 1. The lowest BCUT2D eigenvalue weighted by Gasteiger charge is -2.23. The summed E-state index contributed by atoms with van der Waals surface area (Å²) < 4.78 is 5.05. The summed E-state index contributed by atoms with van der Waals surface area (Å²) in [5.41, 5.74) is 0.221. The molecule has 29 heavy (non-hydrogen) atoms. The molecule has 0 spiro atoms. The van der Waals surface area contributed by atoms with Gasteiger partial charge < -0.3 is 15.4 Å². The summed E-state index contributed by atoms with van der Waals surface area (Å²) in [6.07, 6.45) is 3.81. The van der Waals surface area contributed by atoms with Crippen molar-refractivity contribution in [3.63, 3.8) is 0 Å². The fraction of sp³-hybridized carbons (Fsp3) is 0.500. The van der Waals surface area contributed by atoms with Gasteiger partial charge in [0.1, 0.15) is 6.04 Å². The van der Waals surface area contributed by atoms with E-state index in [0.29, 0.717) is 0 Å². The van der Waals surface area contributed by atoms with Crippen molar-refractivity contribution in [2.24, 2.45) is 0 Å². The van der Waals surface area contributed by atoms with Crippen LogP contribution >= 0.6 is 11.6 Å². The summed E-state index contributed by atoms with van der Waals surface area (Å²) in [6, 6.07) is 4.85. The minimum absolute atomic E-state index is 0.0504. The molecule has 1 fully saturated rings. The molecular weight excluding hydrogens is 398 g/mol. The highest BCUT2D eigenvalue weighted by molar-refractivity contribution is 6.33. The molecule has 1 aromatic rings. The maximum atomic E-state index is 12.2. The van der Waals surface area contributed by atoms with E-state index in [1.165, 1.54) is 19.9 Å². The topological polar surface area (TPSA) is 114 Å². The molecule has 1 aliphatic carbocycles. The molecule has 1 aromatic carbocycles. The van der Waals surface area contributed by atoms with Crippen LogP contribution in [0.25, 0.3) is 0 Å². The van der Waals surface area contributed by atoms with Crippen LogP contribution in [0, 0.1) is 0 Å². The molecule has 8 nitrogen and oxygen atoms in total. The van der Waals surface area contributed by atoms with Gasteiger partial charge in [-0.3, -0.25) is 14.9 Å². The number of amides is 4. The molecule has 2 rings (SSSR count). The standard InChI is InChI=1S/C20H26ClN3O5/c1-12(22-18(26)15-10-6-7-11-16(15)21)19(27)29-13(2)17(25)24-20(28)23-14-8-4-3-5-9-14/h6-7,10-14H,3-5,8-9H2,1-2H3,(H,22,26)(H2,23,24,25,28)/t12-,13-/m0/s1. The molecule has 9 heteroatoms. The van der Waals surface area contributed by atoms with Crippen LogP contribution < -0.4 is 16.0 Å². The third kappa shape index (κ3) is 7.05. The van der Waals surface area contributed by atoms with Crippen LogP contribution in [-0.4, -0.2) is 42.0 Å². The summed E-state index contributed by atoms with van der Waals surface area (Å²) >= 11 is 5.96. The number of hydrogen-bond acceptors (Lipinski definition) is 5. The second-order valence-corrected chi connectivity index (χ2v) is 7.46.